The monoisotopic (exact) mass is 254 g/mol. The number of halogens is 1. The Morgan fingerprint density at radius 3 is 2.88 bits per heavy atom. The van der Waals surface area contributed by atoms with E-state index in [0.717, 1.165) is 16.5 Å². The van der Waals surface area contributed by atoms with Crippen LogP contribution >= 0.6 is 12.4 Å². The average Bonchev–Trinajstić information content (AvgIpc) is 2.72. The zero-order valence-electron chi connectivity index (χ0n) is 9.47. The Labute approximate surface area is 106 Å². The normalized spacial score (nSPS) is 11.9. The maximum absolute atomic E-state index is 11.1. The predicted molar refractivity (Wildman–Crippen MR) is 69.1 cm³/mol. The van der Waals surface area contributed by atoms with Crippen LogP contribution in [0.1, 0.15) is 18.0 Å². The number of para-hydroxylation sites is 1. The second-order valence-corrected chi connectivity index (χ2v) is 3.68. The summed E-state index contributed by atoms with van der Waals surface area (Å²) >= 11 is 0. The van der Waals surface area contributed by atoms with Gasteiger partial charge >= 0.3 is 5.97 Å². The third-order valence-electron chi connectivity index (χ3n) is 2.63. The van der Waals surface area contributed by atoms with Gasteiger partial charge in [-0.1, -0.05) is 18.2 Å². The van der Waals surface area contributed by atoms with Crippen LogP contribution in [-0.2, 0) is 9.53 Å². The average molecular weight is 255 g/mol. The smallest absolute Gasteiger partial charge is 0.307 e. The van der Waals surface area contributed by atoms with Crippen molar-refractivity contribution in [2.45, 2.75) is 12.5 Å². The second-order valence-electron chi connectivity index (χ2n) is 3.68. The molecule has 92 valence electrons. The van der Waals surface area contributed by atoms with Crippen LogP contribution in [-0.4, -0.2) is 18.1 Å². The standard InChI is InChI=1S/C12H14N2O2.ClH/c1-16-12(15)6-10(13)9-7-14-11-5-3-2-4-8(9)11;/h2-5,7,10,14H,6,13H2,1H3;1H/t10-;/m0./s1. The van der Waals surface area contributed by atoms with Crippen molar-refractivity contribution < 1.29 is 9.53 Å². The van der Waals surface area contributed by atoms with Gasteiger partial charge in [-0.05, 0) is 11.6 Å². The van der Waals surface area contributed by atoms with Crippen molar-refractivity contribution >= 4 is 29.3 Å². The molecule has 0 unspecified atom stereocenters. The molecule has 4 nitrogen and oxygen atoms in total. The molecule has 0 fully saturated rings. The molecule has 5 heteroatoms. The molecular weight excluding hydrogens is 240 g/mol. The van der Waals surface area contributed by atoms with Gasteiger partial charge in [-0.15, -0.1) is 12.4 Å². The summed E-state index contributed by atoms with van der Waals surface area (Å²) in [6.45, 7) is 0. The summed E-state index contributed by atoms with van der Waals surface area (Å²) < 4.78 is 4.60. The van der Waals surface area contributed by atoms with Gasteiger partial charge in [0.15, 0.2) is 0 Å². The molecule has 2 aromatic rings. The predicted octanol–water partition coefficient (Wildman–Crippen LogP) is 2.15. The number of nitrogens with two attached hydrogens (primary N) is 1. The first-order valence-corrected chi connectivity index (χ1v) is 5.11. The summed E-state index contributed by atoms with van der Waals surface area (Å²) in [6, 6.07) is 7.53. The summed E-state index contributed by atoms with van der Waals surface area (Å²) in [5.41, 5.74) is 7.93. The highest BCUT2D eigenvalue weighted by molar-refractivity contribution is 5.85. The molecule has 3 N–H and O–H groups in total. The van der Waals surface area contributed by atoms with Gasteiger partial charge in [0.25, 0.3) is 0 Å². The zero-order chi connectivity index (χ0) is 11.5. The second kappa shape index (κ2) is 5.70. The summed E-state index contributed by atoms with van der Waals surface area (Å²) in [5, 5.41) is 1.05. The maximum Gasteiger partial charge on any atom is 0.307 e. The van der Waals surface area contributed by atoms with Crippen molar-refractivity contribution in [3.63, 3.8) is 0 Å². The van der Waals surface area contributed by atoms with E-state index in [1.165, 1.54) is 7.11 Å². The fourth-order valence-corrected chi connectivity index (χ4v) is 1.77. The molecule has 2 rings (SSSR count). The Bertz CT molecular complexity index is 510. The van der Waals surface area contributed by atoms with E-state index in [1.807, 2.05) is 30.5 Å². The first-order chi connectivity index (χ1) is 7.72. The number of aromatic amines is 1. The summed E-state index contributed by atoms with van der Waals surface area (Å²) in [4.78, 5) is 14.3. The number of esters is 1. The lowest BCUT2D eigenvalue weighted by atomic mass is 10.0. The molecule has 0 bridgehead atoms. The lowest BCUT2D eigenvalue weighted by Gasteiger charge is -2.08. The number of carbonyl (C=O) groups excluding carboxylic acids is 1. The number of benzene rings is 1. The largest absolute Gasteiger partial charge is 0.469 e. The number of methoxy groups -OCH3 is 1. The van der Waals surface area contributed by atoms with Gasteiger partial charge in [-0.25, -0.2) is 0 Å². The number of fused-ring (bicyclic) bond motifs is 1. The van der Waals surface area contributed by atoms with Crippen LogP contribution in [0, 0.1) is 0 Å². The zero-order valence-corrected chi connectivity index (χ0v) is 10.3. The Morgan fingerprint density at radius 1 is 1.47 bits per heavy atom. The Kier molecular flexibility index (Phi) is 4.54. The van der Waals surface area contributed by atoms with Crippen molar-refractivity contribution in [2.24, 2.45) is 5.73 Å². The SMILES string of the molecule is COC(=O)C[C@H](N)c1c[nH]c2ccccc12.Cl. The molecule has 0 aliphatic heterocycles. The molecule has 0 saturated heterocycles. The Morgan fingerprint density at radius 2 is 2.18 bits per heavy atom. The van der Waals surface area contributed by atoms with Crippen molar-refractivity contribution in [1.29, 1.82) is 0 Å². The highest BCUT2D eigenvalue weighted by Gasteiger charge is 2.15. The minimum absolute atomic E-state index is 0. The fraction of sp³-hybridized carbons (Fsp3) is 0.250. The number of H-pyrrole nitrogens is 1. The maximum atomic E-state index is 11.1. The first kappa shape index (κ1) is 13.5. The van der Waals surface area contributed by atoms with Crippen LogP contribution in [0.3, 0.4) is 0 Å². The van der Waals surface area contributed by atoms with Gasteiger partial charge in [-0.2, -0.15) is 0 Å². The van der Waals surface area contributed by atoms with Gasteiger partial charge in [0.05, 0.1) is 13.5 Å². The lowest BCUT2D eigenvalue weighted by molar-refractivity contribution is -0.141. The van der Waals surface area contributed by atoms with E-state index in [0.29, 0.717) is 0 Å². The Hall–Kier alpha value is -1.52. The molecule has 0 aliphatic carbocycles. The first-order valence-electron chi connectivity index (χ1n) is 5.11. The summed E-state index contributed by atoms with van der Waals surface area (Å²) in [6.07, 6.45) is 2.04. The van der Waals surface area contributed by atoms with Crippen LogP contribution < -0.4 is 5.73 Å². The summed E-state index contributed by atoms with van der Waals surface area (Å²) in [5.74, 6) is -0.294. The molecule has 0 saturated carbocycles. The lowest BCUT2D eigenvalue weighted by Crippen LogP contribution is -2.15. The minimum atomic E-state index is -0.330. The number of aromatic nitrogens is 1. The number of ether oxygens (including phenoxy) is 1. The molecule has 17 heavy (non-hydrogen) atoms. The van der Waals surface area contributed by atoms with Crippen molar-refractivity contribution in [3.8, 4) is 0 Å². The van der Waals surface area contributed by atoms with Crippen molar-refractivity contribution in [3.05, 3.63) is 36.0 Å². The van der Waals surface area contributed by atoms with E-state index in [2.05, 4.69) is 9.72 Å². The van der Waals surface area contributed by atoms with E-state index in [-0.39, 0.29) is 30.8 Å². The van der Waals surface area contributed by atoms with E-state index in [4.69, 9.17) is 5.73 Å². The molecule has 1 atom stereocenters. The highest BCUT2D eigenvalue weighted by Crippen LogP contribution is 2.24. The molecule has 0 spiro atoms. The van der Waals surface area contributed by atoms with Crippen molar-refractivity contribution in [2.75, 3.05) is 7.11 Å². The van der Waals surface area contributed by atoms with E-state index >= 15 is 0 Å². The number of hydrogen-bond donors (Lipinski definition) is 2. The van der Waals surface area contributed by atoms with E-state index < -0.39 is 0 Å². The van der Waals surface area contributed by atoms with Gasteiger partial charge < -0.3 is 15.5 Å². The number of rotatable bonds is 3. The van der Waals surface area contributed by atoms with Crippen molar-refractivity contribution in [1.82, 2.24) is 4.98 Å². The molecule has 0 radical (unpaired) electrons. The number of nitrogens with one attached hydrogen (secondary N) is 1. The van der Waals surface area contributed by atoms with E-state index in [9.17, 15) is 4.79 Å². The van der Waals surface area contributed by atoms with Gasteiger partial charge in [0.2, 0.25) is 0 Å². The Balaban J connectivity index is 0.00000144. The van der Waals surface area contributed by atoms with Crippen LogP contribution in [0.15, 0.2) is 30.5 Å². The summed E-state index contributed by atoms with van der Waals surface area (Å²) in [7, 11) is 1.37. The molecule has 0 aliphatic rings. The molecule has 1 aromatic carbocycles. The quantitative estimate of drug-likeness (QED) is 0.825. The molecule has 0 amide bonds. The topological polar surface area (TPSA) is 68.1 Å². The van der Waals surface area contributed by atoms with Crippen LogP contribution in [0.2, 0.25) is 0 Å². The molecule has 1 aromatic heterocycles. The number of carbonyl (C=O) groups is 1. The van der Waals surface area contributed by atoms with Gasteiger partial charge in [-0.3, -0.25) is 4.79 Å². The fourth-order valence-electron chi connectivity index (χ4n) is 1.77. The third-order valence-corrected chi connectivity index (χ3v) is 2.63. The molecular formula is C12H15ClN2O2. The van der Waals surface area contributed by atoms with Gasteiger partial charge in [0.1, 0.15) is 0 Å². The van der Waals surface area contributed by atoms with Crippen LogP contribution in [0.25, 0.3) is 10.9 Å². The number of hydrogen-bond acceptors (Lipinski definition) is 3. The van der Waals surface area contributed by atoms with E-state index in [1.54, 1.807) is 0 Å². The molecule has 1 heterocycles. The van der Waals surface area contributed by atoms with Crippen LogP contribution in [0.5, 0.6) is 0 Å². The highest BCUT2D eigenvalue weighted by atomic mass is 35.5. The van der Waals surface area contributed by atoms with Crippen LogP contribution in [0.4, 0.5) is 0 Å². The third kappa shape index (κ3) is 2.78. The van der Waals surface area contributed by atoms with Gasteiger partial charge in [0, 0.05) is 23.1 Å². The minimum Gasteiger partial charge on any atom is -0.469 e.